The lowest BCUT2D eigenvalue weighted by Gasteiger charge is -2.27. The normalized spacial score (nSPS) is 15.1. The minimum Gasteiger partial charge on any atom is -0.504 e. The van der Waals surface area contributed by atoms with Crippen LogP contribution in [0.5, 0.6) is 17.2 Å². The number of hydrogen-bond acceptors (Lipinski definition) is 6. The number of aryl methyl sites for hydroxylation is 2. The highest BCUT2D eigenvalue weighted by atomic mass is 19.1. The zero-order chi connectivity index (χ0) is 23.0. The van der Waals surface area contributed by atoms with Crippen molar-refractivity contribution in [1.29, 1.82) is 5.26 Å². The maximum Gasteiger partial charge on any atom is 0.258 e. The fourth-order valence-corrected chi connectivity index (χ4v) is 3.95. The molecule has 1 aliphatic heterocycles. The summed E-state index contributed by atoms with van der Waals surface area (Å²) in [5.41, 5.74) is 7.10. The summed E-state index contributed by atoms with van der Waals surface area (Å²) >= 11 is 0. The number of phenolic OH excluding ortho intramolecular Hbond substituents is 2. The lowest BCUT2D eigenvalue weighted by atomic mass is 9.83. The van der Waals surface area contributed by atoms with Gasteiger partial charge in [-0.2, -0.15) is 5.26 Å². The predicted octanol–water partition coefficient (Wildman–Crippen LogP) is 3.17. The van der Waals surface area contributed by atoms with E-state index in [4.69, 9.17) is 10.5 Å². The first kappa shape index (κ1) is 21.0. The van der Waals surface area contributed by atoms with Crippen LogP contribution in [0.25, 0.3) is 0 Å². The van der Waals surface area contributed by atoms with E-state index in [1.165, 1.54) is 34.9 Å². The molecular formula is C24H20FN3O4. The third kappa shape index (κ3) is 3.54. The first-order valence-corrected chi connectivity index (χ1v) is 9.89. The molecule has 8 heteroatoms. The molecule has 0 fully saturated rings. The third-order valence-electron chi connectivity index (χ3n) is 5.57. The molecule has 162 valence electrons. The van der Waals surface area contributed by atoms with Crippen LogP contribution >= 0.6 is 0 Å². The summed E-state index contributed by atoms with van der Waals surface area (Å²) in [6.45, 7) is 1.99. The van der Waals surface area contributed by atoms with Crippen molar-refractivity contribution in [3.05, 3.63) is 98.5 Å². The second-order valence-corrected chi connectivity index (χ2v) is 7.54. The number of ether oxygens (including phenoxy) is 1. The summed E-state index contributed by atoms with van der Waals surface area (Å²) in [6, 6.07) is 14.0. The molecule has 0 spiro atoms. The highest BCUT2D eigenvalue weighted by molar-refractivity contribution is 5.55. The molecule has 0 amide bonds. The van der Waals surface area contributed by atoms with Crippen molar-refractivity contribution in [1.82, 2.24) is 4.57 Å². The number of pyridine rings is 1. The van der Waals surface area contributed by atoms with Crippen molar-refractivity contribution in [3.63, 3.8) is 0 Å². The van der Waals surface area contributed by atoms with Gasteiger partial charge in [0.2, 0.25) is 5.88 Å². The quantitative estimate of drug-likeness (QED) is 0.544. The Morgan fingerprint density at radius 1 is 1.19 bits per heavy atom. The molecule has 1 aliphatic rings. The molecule has 7 nitrogen and oxygen atoms in total. The summed E-state index contributed by atoms with van der Waals surface area (Å²) in [5, 5.41) is 28.9. The Balaban J connectivity index is 1.82. The SMILES string of the molecule is Cc1cc2c(c(=O)n1CCc1ccc(O)c(O)c1)[C@H](c1ccccc1F)C(C#N)=C(N)O2. The van der Waals surface area contributed by atoms with E-state index in [9.17, 15) is 24.7 Å². The van der Waals surface area contributed by atoms with Crippen LogP contribution in [0.2, 0.25) is 0 Å². The monoisotopic (exact) mass is 433 g/mol. The molecule has 2 heterocycles. The van der Waals surface area contributed by atoms with Gasteiger partial charge in [0.25, 0.3) is 5.56 Å². The molecule has 1 atom stereocenters. The highest BCUT2D eigenvalue weighted by Crippen LogP contribution is 2.41. The number of nitriles is 1. The standard InChI is InChI=1S/C24H20FN3O4/c1-13-10-20-22(24(31)28(13)9-8-14-6-7-18(29)19(30)11-14)21(16(12-26)23(27)32-20)15-4-2-3-5-17(15)25/h2-7,10-11,21,29-30H,8-9,27H2,1H3/t21-/m1/s1. The van der Waals surface area contributed by atoms with Crippen molar-refractivity contribution < 1.29 is 19.3 Å². The van der Waals surface area contributed by atoms with Gasteiger partial charge < -0.3 is 25.3 Å². The second kappa shape index (κ2) is 8.12. The van der Waals surface area contributed by atoms with Crippen molar-refractivity contribution in [2.24, 2.45) is 5.73 Å². The number of fused-ring (bicyclic) bond motifs is 1. The molecule has 4 N–H and O–H groups in total. The zero-order valence-corrected chi connectivity index (χ0v) is 17.2. The van der Waals surface area contributed by atoms with Crippen molar-refractivity contribution >= 4 is 0 Å². The van der Waals surface area contributed by atoms with E-state index in [0.29, 0.717) is 17.7 Å². The van der Waals surface area contributed by atoms with E-state index in [0.717, 1.165) is 0 Å². The minimum absolute atomic E-state index is 0.0291. The molecule has 2 aromatic carbocycles. The van der Waals surface area contributed by atoms with Gasteiger partial charge in [0.15, 0.2) is 11.5 Å². The number of nitrogens with two attached hydrogens (primary N) is 1. The number of allylic oxidation sites excluding steroid dienone is 1. The minimum atomic E-state index is -0.998. The summed E-state index contributed by atoms with van der Waals surface area (Å²) < 4.78 is 21.8. The molecule has 0 saturated carbocycles. The van der Waals surface area contributed by atoms with Gasteiger partial charge in [-0.3, -0.25) is 4.79 Å². The van der Waals surface area contributed by atoms with Crippen LogP contribution in [-0.2, 0) is 13.0 Å². The number of halogens is 1. The number of aromatic nitrogens is 1. The van der Waals surface area contributed by atoms with Crippen molar-refractivity contribution in [2.75, 3.05) is 0 Å². The molecule has 0 bridgehead atoms. The maximum absolute atomic E-state index is 14.7. The second-order valence-electron chi connectivity index (χ2n) is 7.54. The van der Waals surface area contributed by atoms with E-state index in [2.05, 4.69) is 0 Å². The maximum atomic E-state index is 14.7. The molecule has 3 aromatic rings. The topological polar surface area (TPSA) is 122 Å². The molecule has 1 aromatic heterocycles. The number of phenols is 2. The molecular weight excluding hydrogens is 413 g/mol. The first-order valence-electron chi connectivity index (χ1n) is 9.89. The van der Waals surface area contributed by atoms with Crippen LogP contribution in [-0.4, -0.2) is 14.8 Å². The summed E-state index contributed by atoms with van der Waals surface area (Å²) in [6.07, 6.45) is 0.391. The van der Waals surface area contributed by atoms with Gasteiger partial charge in [-0.05, 0) is 37.1 Å². The van der Waals surface area contributed by atoms with Gasteiger partial charge in [-0.25, -0.2) is 4.39 Å². The van der Waals surface area contributed by atoms with Crippen LogP contribution in [0.4, 0.5) is 4.39 Å². The molecule has 32 heavy (non-hydrogen) atoms. The summed E-state index contributed by atoms with van der Waals surface area (Å²) in [4.78, 5) is 13.5. The molecule has 0 aliphatic carbocycles. The number of rotatable bonds is 4. The molecule has 0 saturated heterocycles. The van der Waals surface area contributed by atoms with Gasteiger partial charge in [-0.15, -0.1) is 0 Å². The first-order chi connectivity index (χ1) is 15.3. The van der Waals surface area contributed by atoms with E-state index >= 15 is 0 Å². The number of aromatic hydroxyl groups is 2. The largest absolute Gasteiger partial charge is 0.504 e. The smallest absolute Gasteiger partial charge is 0.258 e. The lowest BCUT2D eigenvalue weighted by Crippen LogP contribution is -2.33. The van der Waals surface area contributed by atoms with Crippen LogP contribution in [0.3, 0.4) is 0 Å². The van der Waals surface area contributed by atoms with E-state index < -0.39 is 17.3 Å². The molecule has 0 radical (unpaired) electrons. The van der Waals surface area contributed by atoms with Gasteiger partial charge in [0, 0.05) is 23.9 Å². The summed E-state index contributed by atoms with van der Waals surface area (Å²) in [5.74, 6) is -2.00. The Labute approximate surface area is 183 Å². The Bertz CT molecular complexity index is 1350. The average Bonchev–Trinajstić information content (AvgIpc) is 2.75. The lowest BCUT2D eigenvalue weighted by molar-refractivity contribution is 0.387. The summed E-state index contributed by atoms with van der Waals surface area (Å²) in [7, 11) is 0. The fourth-order valence-electron chi connectivity index (χ4n) is 3.95. The number of nitrogens with zero attached hydrogens (tertiary/aromatic N) is 2. The van der Waals surface area contributed by atoms with E-state index in [-0.39, 0.29) is 46.4 Å². The average molecular weight is 433 g/mol. The van der Waals surface area contributed by atoms with Crippen LogP contribution in [0.15, 0.2) is 64.8 Å². The number of benzene rings is 2. The van der Waals surface area contributed by atoms with Gasteiger partial charge in [0.05, 0.1) is 11.5 Å². The van der Waals surface area contributed by atoms with Crippen LogP contribution in [0, 0.1) is 24.1 Å². The Morgan fingerprint density at radius 3 is 2.62 bits per heavy atom. The van der Waals surface area contributed by atoms with Gasteiger partial charge in [-0.1, -0.05) is 24.3 Å². The zero-order valence-electron chi connectivity index (χ0n) is 17.2. The predicted molar refractivity (Wildman–Crippen MR) is 115 cm³/mol. The fraction of sp³-hybridized carbons (Fsp3) is 0.167. The third-order valence-corrected chi connectivity index (χ3v) is 5.57. The van der Waals surface area contributed by atoms with Crippen LogP contribution < -0.4 is 16.0 Å². The Morgan fingerprint density at radius 2 is 1.94 bits per heavy atom. The van der Waals surface area contributed by atoms with E-state index in [1.807, 2.05) is 6.07 Å². The Kier molecular flexibility index (Phi) is 5.33. The van der Waals surface area contributed by atoms with E-state index in [1.54, 1.807) is 25.1 Å². The molecule has 4 rings (SSSR count). The van der Waals surface area contributed by atoms with Crippen LogP contribution in [0.1, 0.15) is 28.3 Å². The highest BCUT2D eigenvalue weighted by Gasteiger charge is 2.35. The van der Waals surface area contributed by atoms with Crippen molar-refractivity contribution in [3.8, 4) is 23.3 Å². The molecule has 0 unspecified atom stereocenters. The van der Waals surface area contributed by atoms with Crippen molar-refractivity contribution in [2.45, 2.75) is 25.8 Å². The number of hydrogen-bond donors (Lipinski definition) is 3. The Hall–Kier alpha value is -4.25. The van der Waals surface area contributed by atoms with Gasteiger partial charge in [0.1, 0.15) is 23.2 Å². The van der Waals surface area contributed by atoms with Gasteiger partial charge >= 0.3 is 0 Å².